The number of piperazine rings is 1. The topological polar surface area (TPSA) is 49.4 Å². The van der Waals surface area contributed by atoms with E-state index in [2.05, 4.69) is 17.4 Å². The van der Waals surface area contributed by atoms with E-state index in [1.165, 1.54) is 5.56 Å². The molecule has 3 rings (SSSR count). The maximum atomic E-state index is 11.9. The zero-order chi connectivity index (χ0) is 12.7. The van der Waals surface area contributed by atoms with Gasteiger partial charge in [-0.1, -0.05) is 30.3 Å². The molecule has 1 saturated heterocycles. The molecule has 1 N–H and O–H groups in total. The molecule has 2 aliphatic rings. The van der Waals surface area contributed by atoms with Crippen molar-refractivity contribution in [2.45, 2.75) is 31.3 Å². The maximum Gasteiger partial charge on any atom is 0.242 e. The van der Waals surface area contributed by atoms with Gasteiger partial charge in [0.05, 0.1) is 6.54 Å². The smallest absolute Gasteiger partial charge is 0.242 e. The molecule has 1 aromatic carbocycles. The lowest BCUT2D eigenvalue weighted by Crippen LogP contribution is -2.58. The van der Waals surface area contributed by atoms with E-state index >= 15 is 0 Å². The largest absolute Gasteiger partial charge is 0.345 e. The van der Waals surface area contributed by atoms with E-state index in [0.29, 0.717) is 5.92 Å². The second-order valence-electron chi connectivity index (χ2n) is 5.02. The molecule has 1 aromatic rings. The molecule has 1 saturated carbocycles. The Labute approximate surface area is 106 Å². The lowest BCUT2D eigenvalue weighted by atomic mass is 10.1. The number of benzene rings is 1. The number of carbonyl (C=O) groups is 2. The third-order valence-electron chi connectivity index (χ3n) is 3.84. The number of nitrogens with zero attached hydrogens (tertiary/aromatic N) is 1. The summed E-state index contributed by atoms with van der Waals surface area (Å²) in [5, 5.41) is 2.62. The van der Waals surface area contributed by atoms with Crippen LogP contribution in [0.1, 0.15) is 24.8 Å². The first-order valence-corrected chi connectivity index (χ1v) is 6.32. The van der Waals surface area contributed by atoms with Gasteiger partial charge in [-0.3, -0.25) is 9.59 Å². The van der Waals surface area contributed by atoms with Gasteiger partial charge in [-0.25, -0.2) is 0 Å². The first-order valence-electron chi connectivity index (χ1n) is 6.32. The summed E-state index contributed by atoms with van der Waals surface area (Å²) in [4.78, 5) is 25.3. The van der Waals surface area contributed by atoms with Crippen LogP contribution in [0.5, 0.6) is 0 Å². The summed E-state index contributed by atoms with van der Waals surface area (Å²) in [6, 6.07) is 10.0. The summed E-state index contributed by atoms with van der Waals surface area (Å²) in [6.07, 6.45) is 0.966. The third-order valence-corrected chi connectivity index (χ3v) is 3.84. The van der Waals surface area contributed by atoms with Crippen LogP contribution in [0.25, 0.3) is 0 Å². The van der Waals surface area contributed by atoms with Crippen LogP contribution in [0.2, 0.25) is 0 Å². The number of rotatable bonds is 2. The minimum absolute atomic E-state index is 0.0329. The molecule has 3 atom stereocenters. The molecule has 0 radical (unpaired) electrons. The summed E-state index contributed by atoms with van der Waals surface area (Å²) in [5.74, 6) is 0.377. The summed E-state index contributed by atoms with van der Waals surface area (Å²) >= 11 is 0. The van der Waals surface area contributed by atoms with Crippen molar-refractivity contribution in [2.24, 2.45) is 0 Å². The van der Waals surface area contributed by atoms with Gasteiger partial charge in [-0.2, -0.15) is 0 Å². The molecule has 1 heterocycles. The Bertz CT molecular complexity index is 486. The zero-order valence-corrected chi connectivity index (χ0v) is 10.3. The predicted molar refractivity (Wildman–Crippen MR) is 66.9 cm³/mol. The molecule has 94 valence electrons. The van der Waals surface area contributed by atoms with E-state index in [1.54, 1.807) is 11.8 Å². The highest BCUT2D eigenvalue weighted by Gasteiger charge is 2.48. The van der Waals surface area contributed by atoms with Crippen LogP contribution in [-0.2, 0) is 9.59 Å². The average molecular weight is 244 g/mol. The van der Waals surface area contributed by atoms with Crippen molar-refractivity contribution in [3.05, 3.63) is 35.9 Å². The molecule has 0 aromatic heterocycles. The minimum Gasteiger partial charge on any atom is -0.345 e. The van der Waals surface area contributed by atoms with Gasteiger partial charge in [0.1, 0.15) is 6.04 Å². The Morgan fingerprint density at radius 3 is 2.67 bits per heavy atom. The van der Waals surface area contributed by atoms with Gasteiger partial charge >= 0.3 is 0 Å². The van der Waals surface area contributed by atoms with Gasteiger partial charge < -0.3 is 10.2 Å². The monoisotopic (exact) mass is 244 g/mol. The Hall–Kier alpha value is -1.84. The molecule has 1 aliphatic heterocycles. The highest BCUT2D eigenvalue weighted by Crippen LogP contribution is 2.45. The Morgan fingerprint density at radius 2 is 1.94 bits per heavy atom. The number of hydrogen-bond donors (Lipinski definition) is 1. The molecule has 18 heavy (non-hydrogen) atoms. The quantitative estimate of drug-likeness (QED) is 0.840. The van der Waals surface area contributed by atoms with Crippen molar-refractivity contribution in [1.29, 1.82) is 0 Å². The van der Waals surface area contributed by atoms with Crippen LogP contribution < -0.4 is 5.32 Å². The average Bonchev–Trinajstić information content (AvgIpc) is 3.16. The van der Waals surface area contributed by atoms with Crippen molar-refractivity contribution in [3.63, 3.8) is 0 Å². The fraction of sp³-hybridized carbons (Fsp3) is 0.429. The minimum atomic E-state index is -0.343. The first-order chi connectivity index (χ1) is 8.68. The van der Waals surface area contributed by atoms with Crippen molar-refractivity contribution in [3.8, 4) is 0 Å². The normalized spacial score (nSPS) is 31.2. The van der Waals surface area contributed by atoms with Crippen molar-refractivity contribution < 1.29 is 9.59 Å². The molecular weight excluding hydrogens is 228 g/mol. The van der Waals surface area contributed by atoms with E-state index in [9.17, 15) is 9.59 Å². The Kier molecular flexibility index (Phi) is 2.58. The number of nitrogens with one attached hydrogen (secondary N) is 1. The summed E-state index contributed by atoms with van der Waals surface area (Å²) in [7, 11) is 0. The lowest BCUT2D eigenvalue weighted by Gasteiger charge is -2.33. The van der Waals surface area contributed by atoms with Crippen LogP contribution in [0.15, 0.2) is 30.3 Å². The first kappa shape index (κ1) is 11.3. The van der Waals surface area contributed by atoms with Crippen LogP contribution in [-0.4, -0.2) is 35.3 Å². The third kappa shape index (κ3) is 1.78. The van der Waals surface area contributed by atoms with Crippen LogP contribution >= 0.6 is 0 Å². The Morgan fingerprint density at radius 1 is 1.22 bits per heavy atom. The second kappa shape index (κ2) is 4.12. The number of hydrogen-bond acceptors (Lipinski definition) is 2. The molecule has 3 unspecified atom stereocenters. The Balaban J connectivity index is 1.77. The van der Waals surface area contributed by atoms with Gasteiger partial charge in [-0.05, 0) is 18.9 Å². The maximum absolute atomic E-state index is 11.9. The van der Waals surface area contributed by atoms with E-state index in [-0.39, 0.29) is 30.4 Å². The SMILES string of the molecule is CC1C(=O)NCC(=O)N1C1CC1c1ccccc1. The van der Waals surface area contributed by atoms with Crippen molar-refractivity contribution >= 4 is 11.8 Å². The van der Waals surface area contributed by atoms with Crippen molar-refractivity contribution in [2.75, 3.05) is 6.54 Å². The summed E-state index contributed by atoms with van der Waals surface area (Å²) in [5.41, 5.74) is 1.26. The van der Waals surface area contributed by atoms with Crippen molar-refractivity contribution in [1.82, 2.24) is 10.2 Å². The highest BCUT2D eigenvalue weighted by atomic mass is 16.2. The zero-order valence-electron chi connectivity index (χ0n) is 10.3. The van der Waals surface area contributed by atoms with Crippen LogP contribution in [0.3, 0.4) is 0 Å². The van der Waals surface area contributed by atoms with E-state index < -0.39 is 0 Å². The van der Waals surface area contributed by atoms with Gasteiger partial charge in [0.15, 0.2) is 0 Å². The molecule has 0 bridgehead atoms. The lowest BCUT2D eigenvalue weighted by molar-refractivity contribution is -0.145. The van der Waals surface area contributed by atoms with Gasteiger partial charge in [0.25, 0.3) is 0 Å². The van der Waals surface area contributed by atoms with Gasteiger partial charge in [-0.15, -0.1) is 0 Å². The second-order valence-corrected chi connectivity index (χ2v) is 5.02. The van der Waals surface area contributed by atoms with Gasteiger partial charge in [0, 0.05) is 12.0 Å². The number of carbonyl (C=O) groups excluding carboxylic acids is 2. The summed E-state index contributed by atoms with van der Waals surface area (Å²) < 4.78 is 0. The highest BCUT2D eigenvalue weighted by molar-refractivity contribution is 5.95. The predicted octanol–water partition coefficient (Wildman–Crippen LogP) is 0.889. The van der Waals surface area contributed by atoms with Crippen LogP contribution in [0.4, 0.5) is 0 Å². The number of amides is 2. The van der Waals surface area contributed by atoms with E-state index in [1.807, 2.05) is 18.2 Å². The molecule has 2 amide bonds. The van der Waals surface area contributed by atoms with Crippen LogP contribution in [0, 0.1) is 0 Å². The molecule has 1 aliphatic carbocycles. The fourth-order valence-corrected chi connectivity index (χ4v) is 2.76. The molecule has 2 fully saturated rings. The molecule has 0 spiro atoms. The van der Waals surface area contributed by atoms with Gasteiger partial charge in [0.2, 0.25) is 11.8 Å². The molecule has 4 nitrogen and oxygen atoms in total. The molecule has 4 heteroatoms. The molecular formula is C14H16N2O2. The fourth-order valence-electron chi connectivity index (χ4n) is 2.76. The summed E-state index contributed by atoms with van der Waals surface area (Å²) in [6.45, 7) is 1.94. The van der Waals surface area contributed by atoms with E-state index in [0.717, 1.165) is 6.42 Å². The standard InChI is InChI=1S/C14H16N2O2/c1-9-14(18)15-8-13(17)16(9)12-7-11(12)10-5-3-2-4-6-10/h2-6,9,11-12H,7-8H2,1H3,(H,15,18). The van der Waals surface area contributed by atoms with E-state index in [4.69, 9.17) is 0 Å².